The summed E-state index contributed by atoms with van der Waals surface area (Å²) in [4.78, 5) is 19.4. The Labute approximate surface area is 104 Å². The molecule has 2 aromatic rings. The van der Waals surface area contributed by atoms with Crippen LogP contribution < -0.4 is 9.47 Å². The fraction of sp³-hybridized carbons (Fsp3) is 0.154. The van der Waals surface area contributed by atoms with Crippen LogP contribution in [-0.2, 0) is 4.79 Å². The molecule has 2 heterocycles. The zero-order valence-corrected chi connectivity index (χ0v) is 9.65. The first kappa shape index (κ1) is 12.0. The molecule has 0 aliphatic rings. The van der Waals surface area contributed by atoms with Gasteiger partial charge in [0.2, 0.25) is 17.5 Å². The summed E-state index contributed by atoms with van der Waals surface area (Å²) < 4.78 is 10.4. The van der Waals surface area contributed by atoms with E-state index in [1.807, 2.05) is 0 Å². The molecule has 0 saturated carbocycles. The van der Waals surface area contributed by atoms with Crippen LogP contribution in [0.2, 0.25) is 0 Å². The largest absolute Gasteiger partial charge is 0.470 e. The van der Waals surface area contributed by atoms with Gasteiger partial charge in [-0.05, 0) is 12.1 Å². The van der Waals surface area contributed by atoms with Gasteiger partial charge < -0.3 is 9.47 Å². The van der Waals surface area contributed by atoms with Gasteiger partial charge in [-0.3, -0.25) is 4.79 Å². The van der Waals surface area contributed by atoms with Gasteiger partial charge in [0.05, 0.1) is 0 Å². The van der Waals surface area contributed by atoms with E-state index < -0.39 is 0 Å². The summed E-state index contributed by atoms with van der Waals surface area (Å²) in [6.45, 7) is -0.131. The van der Waals surface area contributed by atoms with E-state index in [4.69, 9.17) is 9.47 Å². The van der Waals surface area contributed by atoms with Crippen molar-refractivity contribution in [2.45, 2.75) is 0 Å². The molecule has 0 unspecified atom stereocenters. The maximum Gasteiger partial charge on any atom is 0.213 e. The number of pyridine rings is 2. The van der Waals surface area contributed by atoms with Crippen molar-refractivity contribution in [2.24, 2.45) is 0 Å². The van der Waals surface area contributed by atoms with Gasteiger partial charge in [0.15, 0.2) is 13.2 Å². The molecule has 92 valence electrons. The first-order valence-electron chi connectivity index (χ1n) is 5.44. The maximum atomic E-state index is 11.5. The van der Waals surface area contributed by atoms with Crippen LogP contribution in [0.15, 0.2) is 48.8 Å². The van der Waals surface area contributed by atoms with E-state index >= 15 is 0 Å². The third-order valence-electron chi connectivity index (χ3n) is 2.04. The Morgan fingerprint density at radius 1 is 0.889 bits per heavy atom. The van der Waals surface area contributed by atoms with Gasteiger partial charge in [0.1, 0.15) is 0 Å². The maximum absolute atomic E-state index is 11.5. The molecule has 5 heteroatoms. The van der Waals surface area contributed by atoms with Crippen molar-refractivity contribution in [3.8, 4) is 11.8 Å². The molecular weight excluding hydrogens is 232 g/mol. The van der Waals surface area contributed by atoms with E-state index in [0.29, 0.717) is 11.8 Å². The van der Waals surface area contributed by atoms with Crippen molar-refractivity contribution in [3.63, 3.8) is 0 Å². The van der Waals surface area contributed by atoms with Crippen molar-refractivity contribution >= 4 is 5.78 Å². The second-order valence-corrected chi connectivity index (χ2v) is 3.45. The van der Waals surface area contributed by atoms with Gasteiger partial charge in [-0.25, -0.2) is 9.97 Å². The molecule has 2 aromatic heterocycles. The summed E-state index contributed by atoms with van der Waals surface area (Å²) in [7, 11) is 0. The quantitative estimate of drug-likeness (QED) is 0.770. The molecule has 5 nitrogen and oxygen atoms in total. The summed E-state index contributed by atoms with van der Waals surface area (Å²) in [5.41, 5.74) is 0. The fourth-order valence-corrected chi connectivity index (χ4v) is 1.22. The van der Waals surface area contributed by atoms with Gasteiger partial charge >= 0.3 is 0 Å². The van der Waals surface area contributed by atoms with Gasteiger partial charge in [-0.2, -0.15) is 0 Å². The average molecular weight is 244 g/mol. The molecule has 2 rings (SSSR count). The molecule has 0 radical (unpaired) electrons. The molecule has 0 atom stereocenters. The summed E-state index contributed by atoms with van der Waals surface area (Å²) in [6.07, 6.45) is 3.20. The van der Waals surface area contributed by atoms with Crippen LogP contribution in [0.5, 0.6) is 11.8 Å². The Morgan fingerprint density at radius 3 is 1.78 bits per heavy atom. The lowest BCUT2D eigenvalue weighted by Gasteiger charge is -2.05. The Balaban J connectivity index is 1.73. The molecule has 0 spiro atoms. The van der Waals surface area contributed by atoms with Gasteiger partial charge in [-0.1, -0.05) is 12.1 Å². The van der Waals surface area contributed by atoms with Crippen LogP contribution in [0.1, 0.15) is 0 Å². The van der Waals surface area contributed by atoms with E-state index in [2.05, 4.69) is 9.97 Å². The Kier molecular flexibility index (Phi) is 4.24. The standard InChI is InChI=1S/C13H12N2O3/c16-11(9-17-12-5-1-3-7-14-12)10-18-13-6-2-4-8-15-13/h1-8H,9-10H2. The number of ether oxygens (including phenoxy) is 2. The first-order chi connectivity index (χ1) is 8.84. The Hall–Kier alpha value is -2.43. The lowest BCUT2D eigenvalue weighted by Crippen LogP contribution is -2.19. The summed E-state index contributed by atoms with van der Waals surface area (Å²) in [6, 6.07) is 10.5. The minimum absolute atomic E-state index is 0.0656. The normalized spacial score (nSPS) is 9.78. The van der Waals surface area contributed by atoms with E-state index in [1.54, 1.807) is 48.8 Å². The van der Waals surface area contributed by atoms with Crippen LogP contribution >= 0.6 is 0 Å². The number of carbonyl (C=O) groups is 1. The fourth-order valence-electron chi connectivity index (χ4n) is 1.22. The van der Waals surface area contributed by atoms with Crippen molar-refractivity contribution < 1.29 is 14.3 Å². The SMILES string of the molecule is O=C(COc1ccccn1)COc1ccccn1. The van der Waals surface area contributed by atoms with E-state index in [-0.39, 0.29) is 19.0 Å². The molecule has 0 bridgehead atoms. The minimum Gasteiger partial charge on any atom is -0.470 e. The van der Waals surface area contributed by atoms with Crippen molar-refractivity contribution in [2.75, 3.05) is 13.2 Å². The predicted octanol–water partition coefficient (Wildman–Crippen LogP) is 1.50. The summed E-state index contributed by atoms with van der Waals surface area (Å²) >= 11 is 0. The minimum atomic E-state index is -0.175. The van der Waals surface area contributed by atoms with Crippen LogP contribution in [0.25, 0.3) is 0 Å². The van der Waals surface area contributed by atoms with Crippen molar-refractivity contribution in [3.05, 3.63) is 48.8 Å². The topological polar surface area (TPSA) is 61.3 Å². The average Bonchev–Trinajstić information content (AvgIpc) is 2.45. The zero-order chi connectivity index (χ0) is 12.6. The monoisotopic (exact) mass is 244 g/mol. The highest BCUT2D eigenvalue weighted by Crippen LogP contribution is 2.04. The molecule has 0 saturated heterocycles. The molecule has 18 heavy (non-hydrogen) atoms. The smallest absolute Gasteiger partial charge is 0.213 e. The lowest BCUT2D eigenvalue weighted by molar-refractivity contribution is -0.123. The second-order valence-electron chi connectivity index (χ2n) is 3.45. The molecule has 0 fully saturated rings. The third kappa shape index (κ3) is 3.86. The number of carbonyl (C=O) groups excluding carboxylic acids is 1. The molecule has 0 aliphatic heterocycles. The molecule has 0 aromatic carbocycles. The Morgan fingerprint density at radius 2 is 1.39 bits per heavy atom. The second kappa shape index (κ2) is 6.34. The number of rotatable bonds is 6. The van der Waals surface area contributed by atoms with E-state index in [9.17, 15) is 4.79 Å². The number of Topliss-reactive ketones (excluding diaryl/α,β-unsaturated/α-hetero) is 1. The first-order valence-corrected chi connectivity index (χ1v) is 5.44. The highest BCUT2D eigenvalue weighted by Gasteiger charge is 2.05. The van der Waals surface area contributed by atoms with E-state index in [0.717, 1.165) is 0 Å². The number of hydrogen-bond donors (Lipinski definition) is 0. The third-order valence-corrected chi connectivity index (χ3v) is 2.04. The molecule has 0 aliphatic carbocycles. The zero-order valence-electron chi connectivity index (χ0n) is 9.65. The van der Waals surface area contributed by atoms with Gasteiger partial charge in [-0.15, -0.1) is 0 Å². The van der Waals surface area contributed by atoms with Crippen LogP contribution in [0, 0.1) is 0 Å². The molecular formula is C13H12N2O3. The highest BCUT2D eigenvalue weighted by atomic mass is 16.5. The van der Waals surface area contributed by atoms with Crippen LogP contribution in [-0.4, -0.2) is 29.0 Å². The summed E-state index contributed by atoms with van der Waals surface area (Å²) in [5.74, 6) is 0.665. The number of nitrogens with zero attached hydrogens (tertiary/aromatic N) is 2. The van der Waals surface area contributed by atoms with Crippen LogP contribution in [0.3, 0.4) is 0 Å². The van der Waals surface area contributed by atoms with Crippen LogP contribution in [0.4, 0.5) is 0 Å². The molecule has 0 amide bonds. The van der Waals surface area contributed by atoms with Crippen molar-refractivity contribution in [1.29, 1.82) is 0 Å². The predicted molar refractivity (Wildman–Crippen MR) is 64.5 cm³/mol. The molecule has 0 N–H and O–H groups in total. The number of ketones is 1. The van der Waals surface area contributed by atoms with E-state index in [1.165, 1.54) is 0 Å². The van der Waals surface area contributed by atoms with Crippen molar-refractivity contribution in [1.82, 2.24) is 9.97 Å². The number of hydrogen-bond acceptors (Lipinski definition) is 5. The van der Waals surface area contributed by atoms with Gasteiger partial charge in [0.25, 0.3) is 0 Å². The Bertz CT molecular complexity index is 443. The highest BCUT2D eigenvalue weighted by molar-refractivity contribution is 5.81. The lowest BCUT2D eigenvalue weighted by atomic mass is 10.4. The number of aromatic nitrogens is 2. The van der Waals surface area contributed by atoms with Gasteiger partial charge in [0, 0.05) is 24.5 Å². The summed E-state index contributed by atoms with van der Waals surface area (Å²) in [5, 5.41) is 0.